The van der Waals surface area contributed by atoms with Crippen molar-refractivity contribution in [3.8, 4) is 17.2 Å². The first-order chi connectivity index (χ1) is 11.6. The van der Waals surface area contributed by atoms with Gasteiger partial charge in [-0.1, -0.05) is 0 Å². The molecule has 0 aliphatic heterocycles. The van der Waals surface area contributed by atoms with Crippen LogP contribution in [-0.4, -0.2) is 19.0 Å². The molecule has 0 amide bonds. The molecule has 0 atom stereocenters. The molecule has 4 rings (SSSR count). The first kappa shape index (κ1) is 14.4. The van der Waals surface area contributed by atoms with Gasteiger partial charge in [0.1, 0.15) is 23.2 Å². The minimum atomic E-state index is 0.260. The highest BCUT2D eigenvalue weighted by atomic mass is 32.1. The summed E-state index contributed by atoms with van der Waals surface area (Å²) < 4.78 is 11.2. The van der Waals surface area contributed by atoms with Crippen molar-refractivity contribution >= 4 is 28.0 Å². The molecular weight excluding hydrogens is 324 g/mol. The highest BCUT2D eigenvalue weighted by Crippen LogP contribution is 2.29. The fourth-order valence-electron chi connectivity index (χ4n) is 2.46. The Bertz CT molecular complexity index is 1080. The fraction of sp³-hybridized carbons (Fsp3) is 0.125. The number of aryl methyl sites for hydroxylation is 2. The fourth-order valence-corrected chi connectivity index (χ4v) is 3.13. The van der Waals surface area contributed by atoms with Gasteiger partial charge in [-0.3, -0.25) is 0 Å². The van der Waals surface area contributed by atoms with Gasteiger partial charge < -0.3 is 9.73 Å². The predicted molar refractivity (Wildman–Crippen MR) is 90.3 cm³/mol. The van der Waals surface area contributed by atoms with E-state index in [1.165, 1.54) is 11.5 Å². The van der Waals surface area contributed by atoms with Crippen LogP contribution in [0.3, 0.4) is 0 Å². The Balaban J connectivity index is 1.83. The van der Waals surface area contributed by atoms with Crippen LogP contribution in [0.25, 0.3) is 16.8 Å². The van der Waals surface area contributed by atoms with Crippen molar-refractivity contribution < 1.29 is 4.42 Å². The van der Waals surface area contributed by atoms with E-state index >= 15 is 0 Å². The molecule has 8 heteroatoms. The lowest BCUT2D eigenvalue weighted by atomic mass is 10.2. The van der Waals surface area contributed by atoms with Crippen LogP contribution < -0.4 is 5.32 Å². The quantitative estimate of drug-likeness (QED) is 0.613. The van der Waals surface area contributed by atoms with Crippen LogP contribution in [0.5, 0.6) is 0 Å². The molecule has 7 nitrogen and oxygen atoms in total. The van der Waals surface area contributed by atoms with Gasteiger partial charge >= 0.3 is 0 Å². The van der Waals surface area contributed by atoms with E-state index in [2.05, 4.69) is 19.8 Å². The van der Waals surface area contributed by atoms with Crippen molar-refractivity contribution in [2.45, 2.75) is 13.8 Å². The number of anilines is 2. The third-order valence-electron chi connectivity index (χ3n) is 3.50. The zero-order valence-corrected chi connectivity index (χ0v) is 13.8. The zero-order valence-electron chi connectivity index (χ0n) is 12.9. The second-order valence-electron chi connectivity index (χ2n) is 5.35. The summed E-state index contributed by atoms with van der Waals surface area (Å²) in [7, 11) is 0. The molecular formula is C16H12N6OS. The average Bonchev–Trinajstić information content (AvgIpc) is 3.26. The van der Waals surface area contributed by atoms with Crippen LogP contribution in [-0.2, 0) is 0 Å². The molecule has 0 bridgehead atoms. The second-order valence-corrected chi connectivity index (χ2v) is 6.15. The number of nitriles is 1. The van der Waals surface area contributed by atoms with E-state index in [4.69, 9.17) is 9.68 Å². The molecule has 4 heterocycles. The lowest BCUT2D eigenvalue weighted by molar-refractivity contribution is 0.553. The molecule has 4 aromatic rings. The monoisotopic (exact) mass is 336 g/mol. The third-order valence-corrected chi connectivity index (χ3v) is 4.30. The Morgan fingerprint density at radius 1 is 1.25 bits per heavy atom. The molecule has 0 aromatic carbocycles. The summed E-state index contributed by atoms with van der Waals surface area (Å²) in [6.07, 6.45) is 3.26. The molecule has 0 unspecified atom stereocenters. The number of hydrogen-bond acceptors (Lipinski definition) is 7. The summed E-state index contributed by atoms with van der Waals surface area (Å²) in [4.78, 5) is 4.58. The molecule has 0 aliphatic carbocycles. The van der Waals surface area contributed by atoms with Crippen molar-refractivity contribution in [2.24, 2.45) is 0 Å². The van der Waals surface area contributed by atoms with E-state index in [1.54, 1.807) is 23.0 Å². The van der Waals surface area contributed by atoms with Gasteiger partial charge in [-0.15, -0.1) is 0 Å². The maximum atomic E-state index is 8.92. The van der Waals surface area contributed by atoms with E-state index in [-0.39, 0.29) is 5.76 Å². The topological polar surface area (TPSA) is 92.0 Å². The van der Waals surface area contributed by atoms with Crippen LogP contribution in [0.2, 0.25) is 0 Å². The lowest BCUT2D eigenvalue weighted by Crippen LogP contribution is -2.01. The van der Waals surface area contributed by atoms with Crippen molar-refractivity contribution in [1.29, 1.82) is 5.26 Å². The molecule has 118 valence electrons. The van der Waals surface area contributed by atoms with Gasteiger partial charge in [0.2, 0.25) is 5.76 Å². The first-order valence-corrected chi connectivity index (χ1v) is 7.96. The van der Waals surface area contributed by atoms with Crippen molar-refractivity contribution in [3.63, 3.8) is 0 Å². The standard InChI is InChI=1S/C16H12N6OS/c1-9-3-14(20-15-4-10(2)21-24-15)22-16(19-9)13(7-18-22)11-5-12(6-17)23-8-11/h3-5,7-8,20H,1-2H3. The molecule has 0 radical (unpaired) electrons. The number of nitrogens with zero attached hydrogens (tertiary/aromatic N) is 5. The third kappa shape index (κ3) is 2.41. The number of furan rings is 1. The molecule has 1 N–H and O–H groups in total. The summed E-state index contributed by atoms with van der Waals surface area (Å²) in [5, 5.41) is 17.6. The van der Waals surface area contributed by atoms with Crippen LogP contribution in [0.15, 0.2) is 35.1 Å². The van der Waals surface area contributed by atoms with E-state index < -0.39 is 0 Å². The molecule has 0 aliphatic rings. The molecule has 0 saturated heterocycles. The van der Waals surface area contributed by atoms with Gasteiger partial charge in [-0.25, -0.2) is 4.98 Å². The van der Waals surface area contributed by atoms with Gasteiger partial charge in [0, 0.05) is 29.0 Å². The van der Waals surface area contributed by atoms with E-state index in [0.29, 0.717) is 5.65 Å². The van der Waals surface area contributed by atoms with Gasteiger partial charge in [0.05, 0.1) is 11.9 Å². The van der Waals surface area contributed by atoms with E-state index in [9.17, 15) is 0 Å². The number of nitrogens with one attached hydrogen (secondary N) is 1. The second kappa shape index (κ2) is 5.47. The molecule has 4 aromatic heterocycles. The summed E-state index contributed by atoms with van der Waals surface area (Å²) in [5.41, 5.74) is 4.11. The molecule has 0 saturated carbocycles. The molecule has 0 spiro atoms. The number of hydrogen-bond donors (Lipinski definition) is 1. The lowest BCUT2D eigenvalue weighted by Gasteiger charge is -2.07. The Morgan fingerprint density at radius 3 is 2.83 bits per heavy atom. The SMILES string of the molecule is Cc1cc(Nc2cc(C)nc3c(-c4coc(C#N)c4)cnn23)sn1. The van der Waals surface area contributed by atoms with Crippen LogP contribution in [0.4, 0.5) is 10.8 Å². The van der Waals surface area contributed by atoms with E-state index in [0.717, 1.165) is 33.3 Å². The first-order valence-electron chi connectivity index (χ1n) is 7.19. The summed E-state index contributed by atoms with van der Waals surface area (Å²) >= 11 is 1.39. The molecule has 24 heavy (non-hydrogen) atoms. The maximum absolute atomic E-state index is 8.92. The predicted octanol–water partition coefficient (Wildman–Crippen LogP) is 3.68. The Labute approximate surface area is 141 Å². The summed E-state index contributed by atoms with van der Waals surface area (Å²) in [6, 6.07) is 7.57. The highest BCUT2D eigenvalue weighted by Gasteiger charge is 2.14. The van der Waals surface area contributed by atoms with Gasteiger partial charge in [0.25, 0.3) is 0 Å². The van der Waals surface area contributed by atoms with Crippen molar-refractivity contribution in [1.82, 2.24) is 19.0 Å². The van der Waals surface area contributed by atoms with E-state index in [1.807, 2.05) is 32.0 Å². The van der Waals surface area contributed by atoms with Gasteiger partial charge in [0.15, 0.2) is 5.65 Å². The maximum Gasteiger partial charge on any atom is 0.203 e. The van der Waals surface area contributed by atoms with Crippen molar-refractivity contribution in [3.05, 3.63) is 47.8 Å². The highest BCUT2D eigenvalue weighted by molar-refractivity contribution is 7.10. The smallest absolute Gasteiger partial charge is 0.203 e. The average molecular weight is 336 g/mol. The Morgan fingerprint density at radius 2 is 2.12 bits per heavy atom. The van der Waals surface area contributed by atoms with Crippen LogP contribution in [0.1, 0.15) is 17.1 Å². The van der Waals surface area contributed by atoms with Crippen LogP contribution >= 0.6 is 11.5 Å². The molecule has 0 fully saturated rings. The summed E-state index contributed by atoms with van der Waals surface area (Å²) in [5.74, 6) is 1.06. The number of aromatic nitrogens is 4. The normalized spacial score (nSPS) is 10.9. The van der Waals surface area contributed by atoms with Crippen LogP contribution in [0, 0.1) is 25.2 Å². The van der Waals surface area contributed by atoms with Gasteiger partial charge in [-0.2, -0.15) is 19.2 Å². The Hall–Kier alpha value is -3.18. The largest absolute Gasteiger partial charge is 0.453 e. The zero-order chi connectivity index (χ0) is 16.7. The van der Waals surface area contributed by atoms with Gasteiger partial charge in [-0.05, 0) is 31.4 Å². The summed E-state index contributed by atoms with van der Waals surface area (Å²) in [6.45, 7) is 3.88. The minimum absolute atomic E-state index is 0.260. The Kier molecular flexibility index (Phi) is 3.29. The van der Waals surface area contributed by atoms with Crippen molar-refractivity contribution in [2.75, 3.05) is 5.32 Å². The number of fused-ring (bicyclic) bond motifs is 1. The number of rotatable bonds is 3. The minimum Gasteiger partial charge on any atom is -0.453 e.